The minimum absolute atomic E-state index is 0.0652. The highest BCUT2D eigenvalue weighted by molar-refractivity contribution is 5.78. The third-order valence-electron chi connectivity index (χ3n) is 2.97. The molecule has 0 aliphatic rings. The van der Waals surface area contributed by atoms with Gasteiger partial charge in [0.05, 0.1) is 13.5 Å². The van der Waals surface area contributed by atoms with Crippen LogP contribution in [0.4, 0.5) is 0 Å². The van der Waals surface area contributed by atoms with E-state index in [4.69, 9.17) is 0 Å². The molecule has 0 saturated carbocycles. The van der Waals surface area contributed by atoms with Crippen LogP contribution in [-0.2, 0) is 20.7 Å². The Labute approximate surface area is 114 Å². The lowest BCUT2D eigenvalue weighted by Gasteiger charge is -2.17. The van der Waals surface area contributed by atoms with E-state index < -0.39 is 0 Å². The lowest BCUT2D eigenvalue weighted by atomic mass is 10.1. The van der Waals surface area contributed by atoms with Crippen LogP contribution in [-0.4, -0.2) is 37.5 Å². The van der Waals surface area contributed by atoms with Gasteiger partial charge in [-0.05, 0) is 18.9 Å². The maximum Gasteiger partial charge on any atom is 0.305 e. The molecular weight excluding hydrogens is 242 g/mol. The van der Waals surface area contributed by atoms with Crippen molar-refractivity contribution in [2.24, 2.45) is 0 Å². The smallest absolute Gasteiger partial charge is 0.305 e. The molecule has 1 rings (SSSR count). The number of esters is 1. The van der Waals surface area contributed by atoms with Gasteiger partial charge in [0.25, 0.3) is 0 Å². The molecule has 0 N–H and O–H groups in total. The van der Waals surface area contributed by atoms with Crippen molar-refractivity contribution in [1.82, 2.24) is 4.90 Å². The number of methoxy groups -OCH3 is 1. The lowest BCUT2D eigenvalue weighted by molar-refractivity contribution is -0.141. The SMILES string of the molecule is COC(=O)CCCN(C)C(=O)Cc1cccc(C)c1. The van der Waals surface area contributed by atoms with Gasteiger partial charge in [0.15, 0.2) is 0 Å². The first-order valence-electron chi connectivity index (χ1n) is 6.39. The molecule has 4 nitrogen and oxygen atoms in total. The standard InChI is InChI=1S/C15H21NO3/c1-12-6-4-7-13(10-12)11-14(17)16(2)9-5-8-15(18)19-3/h4,6-7,10H,5,8-9,11H2,1-3H3. The highest BCUT2D eigenvalue weighted by atomic mass is 16.5. The largest absolute Gasteiger partial charge is 0.469 e. The maximum atomic E-state index is 12.0. The Balaban J connectivity index is 2.38. The number of benzene rings is 1. The number of rotatable bonds is 6. The summed E-state index contributed by atoms with van der Waals surface area (Å²) < 4.78 is 4.56. The Morgan fingerprint density at radius 1 is 1.32 bits per heavy atom. The quantitative estimate of drug-likeness (QED) is 0.737. The average molecular weight is 263 g/mol. The molecule has 0 unspecified atom stereocenters. The van der Waals surface area contributed by atoms with E-state index >= 15 is 0 Å². The van der Waals surface area contributed by atoms with Crippen LogP contribution in [0.5, 0.6) is 0 Å². The van der Waals surface area contributed by atoms with Gasteiger partial charge in [-0.2, -0.15) is 0 Å². The molecule has 1 aromatic carbocycles. The van der Waals surface area contributed by atoms with Gasteiger partial charge in [-0.3, -0.25) is 9.59 Å². The summed E-state index contributed by atoms with van der Waals surface area (Å²) in [7, 11) is 3.13. The molecule has 19 heavy (non-hydrogen) atoms. The topological polar surface area (TPSA) is 46.6 Å². The van der Waals surface area contributed by atoms with Gasteiger partial charge in [-0.1, -0.05) is 29.8 Å². The van der Waals surface area contributed by atoms with E-state index in [-0.39, 0.29) is 11.9 Å². The highest BCUT2D eigenvalue weighted by Crippen LogP contribution is 2.06. The average Bonchev–Trinajstić information content (AvgIpc) is 2.38. The molecule has 0 bridgehead atoms. The zero-order chi connectivity index (χ0) is 14.3. The third-order valence-corrected chi connectivity index (χ3v) is 2.97. The first kappa shape index (κ1) is 15.2. The molecule has 0 fully saturated rings. The van der Waals surface area contributed by atoms with Crippen LogP contribution >= 0.6 is 0 Å². The van der Waals surface area contributed by atoms with Crippen molar-refractivity contribution in [2.45, 2.75) is 26.2 Å². The van der Waals surface area contributed by atoms with Crippen molar-refractivity contribution in [3.8, 4) is 0 Å². The maximum absolute atomic E-state index is 12.0. The summed E-state index contributed by atoms with van der Waals surface area (Å²) in [6.45, 7) is 2.58. The van der Waals surface area contributed by atoms with Crippen LogP contribution in [0.2, 0.25) is 0 Å². The van der Waals surface area contributed by atoms with Gasteiger partial charge in [0.2, 0.25) is 5.91 Å². The molecular formula is C15H21NO3. The van der Waals surface area contributed by atoms with Crippen molar-refractivity contribution in [2.75, 3.05) is 20.7 Å². The molecule has 1 amide bonds. The zero-order valence-corrected chi connectivity index (χ0v) is 11.8. The lowest BCUT2D eigenvalue weighted by Crippen LogP contribution is -2.29. The van der Waals surface area contributed by atoms with Crippen molar-refractivity contribution < 1.29 is 14.3 Å². The van der Waals surface area contributed by atoms with Crippen LogP contribution in [0, 0.1) is 6.92 Å². The number of hydrogen-bond donors (Lipinski definition) is 0. The Bertz CT molecular complexity index is 443. The fraction of sp³-hybridized carbons (Fsp3) is 0.467. The summed E-state index contributed by atoms with van der Waals surface area (Å²) in [4.78, 5) is 24.6. The summed E-state index contributed by atoms with van der Waals surface area (Å²) in [5.74, 6) is -0.171. The van der Waals surface area contributed by atoms with Crippen LogP contribution in [0.1, 0.15) is 24.0 Å². The molecule has 0 atom stereocenters. The summed E-state index contributed by atoms with van der Waals surface area (Å²) in [6, 6.07) is 7.93. The summed E-state index contributed by atoms with van der Waals surface area (Å²) in [6.07, 6.45) is 1.37. The van der Waals surface area contributed by atoms with E-state index in [0.717, 1.165) is 11.1 Å². The highest BCUT2D eigenvalue weighted by Gasteiger charge is 2.10. The van der Waals surface area contributed by atoms with Crippen LogP contribution < -0.4 is 0 Å². The Kier molecular flexibility index (Phi) is 6.06. The van der Waals surface area contributed by atoms with E-state index in [1.807, 2.05) is 31.2 Å². The molecule has 1 aromatic rings. The Hall–Kier alpha value is -1.84. The van der Waals surface area contributed by atoms with Gasteiger partial charge in [0.1, 0.15) is 0 Å². The number of likely N-dealkylation sites (N-methyl/N-ethyl adjacent to an activating group) is 1. The number of hydrogen-bond acceptors (Lipinski definition) is 3. The first-order chi connectivity index (χ1) is 9.02. The molecule has 0 radical (unpaired) electrons. The summed E-state index contributed by atoms with van der Waals surface area (Å²) >= 11 is 0. The molecule has 0 aliphatic heterocycles. The number of nitrogens with zero attached hydrogens (tertiary/aromatic N) is 1. The van der Waals surface area contributed by atoms with Crippen LogP contribution in [0.15, 0.2) is 24.3 Å². The molecule has 0 heterocycles. The predicted molar refractivity (Wildman–Crippen MR) is 73.8 cm³/mol. The van der Waals surface area contributed by atoms with Crippen LogP contribution in [0.25, 0.3) is 0 Å². The second kappa shape index (κ2) is 7.56. The second-order valence-electron chi connectivity index (χ2n) is 4.66. The number of carbonyl (C=O) groups excluding carboxylic acids is 2. The van der Waals surface area contributed by atoms with Crippen molar-refractivity contribution >= 4 is 11.9 Å². The molecule has 0 spiro atoms. The van der Waals surface area contributed by atoms with E-state index in [1.54, 1.807) is 11.9 Å². The number of carbonyl (C=O) groups is 2. The fourth-order valence-electron chi connectivity index (χ4n) is 1.82. The fourth-order valence-corrected chi connectivity index (χ4v) is 1.82. The number of amides is 1. The molecule has 0 aliphatic carbocycles. The minimum Gasteiger partial charge on any atom is -0.469 e. The van der Waals surface area contributed by atoms with Gasteiger partial charge < -0.3 is 9.64 Å². The van der Waals surface area contributed by atoms with Gasteiger partial charge in [-0.15, -0.1) is 0 Å². The predicted octanol–water partition coefficient (Wildman–Crippen LogP) is 1.95. The zero-order valence-electron chi connectivity index (χ0n) is 11.8. The molecule has 0 saturated heterocycles. The van der Waals surface area contributed by atoms with Crippen molar-refractivity contribution in [1.29, 1.82) is 0 Å². The first-order valence-corrected chi connectivity index (χ1v) is 6.39. The summed E-state index contributed by atoms with van der Waals surface area (Å²) in [5.41, 5.74) is 2.17. The van der Waals surface area contributed by atoms with Crippen molar-refractivity contribution in [3.63, 3.8) is 0 Å². The minimum atomic E-state index is -0.237. The molecule has 4 heteroatoms. The third kappa shape index (κ3) is 5.55. The van der Waals surface area contributed by atoms with E-state index in [0.29, 0.717) is 25.8 Å². The second-order valence-corrected chi connectivity index (χ2v) is 4.66. The van der Waals surface area contributed by atoms with E-state index in [2.05, 4.69) is 4.74 Å². The monoisotopic (exact) mass is 263 g/mol. The Morgan fingerprint density at radius 2 is 2.05 bits per heavy atom. The van der Waals surface area contributed by atoms with Gasteiger partial charge in [0, 0.05) is 20.0 Å². The summed E-state index contributed by atoms with van der Waals surface area (Å²) in [5, 5.41) is 0. The molecule has 0 aromatic heterocycles. The number of ether oxygens (including phenoxy) is 1. The van der Waals surface area contributed by atoms with Crippen LogP contribution in [0.3, 0.4) is 0 Å². The molecule has 104 valence electrons. The normalized spacial score (nSPS) is 10.1. The Morgan fingerprint density at radius 3 is 2.68 bits per heavy atom. The van der Waals surface area contributed by atoms with Crippen molar-refractivity contribution in [3.05, 3.63) is 35.4 Å². The van der Waals surface area contributed by atoms with Gasteiger partial charge in [-0.25, -0.2) is 0 Å². The van der Waals surface area contributed by atoms with E-state index in [1.165, 1.54) is 7.11 Å². The van der Waals surface area contributed by atoms with Gasteiger partial charge >= 0.3 is 5.97 Å². The number of aryl methyl sites for hydroxylation is 1. The van der Waals surface area contributed by atoms with E-state index in [9.17, 15) is 9.59 Å².